The van der Waals surface area contributed by atoms with Crippen LogP contribution in [0.15, 0.2) is 36.4 Å². The average molecular weight is 296 g/mol. The second-order valence-electron chi connectivity index (χ2n) is 4.82. The maximum atomic E-state index is 13.7. The van der Waals surface area contributed by atoms with Gasteiger partial charge in [-0.05, 0) is 37.1 Å². The Hall–Kier alpha value is -1.45. The molecule has 20 heavy (non-hydrogen) atoms. The molecule has 1 atom stereocenters. The predicted octanol–water partition coefficient (Wildman–Crippen LogP) is 4.78. The van der Waals surface area contributed by atoms with Crippen LogP contribution in [0.2, 0.25) is 5.02 Å². The molecule has 2 aromatic rings. The fourth-order valence-corrected chi connectivity index (χ4v) is 2.14. The molecule has 0 spiro atoms. The van der Waals surface area contributed by atoms with E-state index < -0.39 is 5.82 Å². The quantitative estimate of drug-likeness (QED) is 0.856. The summed E-state index contributed by atoms with van der Waals surface area (Å²) in [7, 11) is 0. The van der Waals surface area contributed by atoms with Gasteiger partial charge in [-0.3, -0.25) is 0 Å². The van der Waals surface area contributed by atoms with Crippen LogP contribution in [0.25, 0.3) is 0 Å². The summed E-state index contributed by atoms with van der Waals surface area (Å²) in [6.45, 7) is 3.97. The van der Waals surface area contributed by atoms with Crippen molar-refractivity contribution in [3.8, 4) is 0 Å². The summed E-state index contributed by atoms with van der Waals surface area (Å²) in [6, 6.07) is 9.92. The Labute approximate surface area is 122 Å². The lowest BCUT2D eigenvalue weighted by atomic mass is 10.1. The molecular weight excluding hydrogens is 280 g/mol. The second kappa shape index (κ2) is 6.33. The lowest BCUT2D eigenvalue weighted by Crippen LogP contribution is -2.19. The SMILES string of the molecule is Cc1ccc(C(C)NCc2cccc(Cl)c2F)cc1F. The van der Waals surface area contributed by atoms with Gasteiger partial charge in [0.15, 0.2) is 0 Å². The monoisotopic (exact) mass is 295 g/mol. The number of hydrogen-bond acceptors (Lipinski definition) is 1. The van der Waals surface area contributed by atoms with Crippen LogP contribution in [0.3, 0.4) is 0 Å². The van der Waals surface area contributed by atoms with E-state index in [0.717, 1.165) is 5.56 Å². The highest BCUT2D eigenvalue weighted by atomic mass is 35.5. The van der Waals surface area contributed by atoms with Gasteiger partial charge < -0.3 is 5.32 Å². The molecule has 0 saturated heterocycles. The van der Waals surface area contributed by atoms with Crippen molar-refractivity contribution in [1.29, 1.82) is 0 Å². The van der Waals surface area contributed by atoms with E-state index in [2.05, 4.69) is 5.32 Å². The standard InChI is InChI=1S/C16H16ClF2N/c1-10-6-7-12(8-15(10)18)11(2)20-9-13-4-3-5-14(17)16(13)19/h3-8,11,20H,9H2,1-2H3. The Kier molecular flexibility index (Phi) is 4.73. The molecular formula is C16H16ClF2N. The number of nitrogens with one attached hydrogen (secondary N) is 1. The van der Waals surface area contributed by atoms with E-state index in [1.54, 1.807) is 25.1 Å². The summed E-state index contributed by atoms with van der Waals surface area (Å²) < 4.78 is 27.3. The highest BCUT2D eigenvalue weighted by Gasteiger charge is 2.10. The first kappa shape index (κ1) is 14.9. The summed E-state index contributed by atoms with van der Waals surface area (Å²) in [5, 5.41) is 3.27. The van der Waals surface area contributed by atoms with Crippen LogP contribution in [0.1, 0.15) is 29.7 Å². The van der Waals surface area contributed by atoms with Gasteiger partial charge in [0, 0.05) is 18.2 Å². The van der Waals surface area contributed by atoms with Gasteiger partial charge in [-0.15, -0.1) is 0 Å². The molecule has 1 N–H and O–H groups in total. The topological polar surface area (TPSA) is 12.0 Å². The summed E-state index contributed by atoms with van der Waals surface area (Å²) >= 11 is 5.73. The van der Waals surface area contributed by atoms with Crippen molar-refractivity contribution >= 4 is 11.6 Å². The summed E-state index contributed by atoms with van der Waals surface area (Å²) in [4.78, 5) is 0. The van der Waals surface area contributed by atoms with Gasteiger partial charge >= 0.3 is 0 Å². The molecule has 0 amide bonds. The number of aryl methyl sites for hydroxylation is 1. The van der Waals surface area contributed by atoms with E-state index in [0.29, 0.717) is 17.7 Å². The third kappa shape index (κ3) is 3.35. The molecule has 0 bridgehead atoms. The normalized spacial score (nSPS) is 12.4. The molecule has 0 aromatic heterocycles. The Morgan fingerprint density at radius 2 is 1.95 bits per heavy atom. The molecule has 106 valence electrons. The summed E-state index contributed by atoms with van der Waals surface area (Å²) in [5.74, 6) is -0.644. The third-order valence-electron chi connectivity index (χ3n) is 3.33. The Balaban J connectivity index is 2.06. The number of rotatable bonds is 4. The lowest BCUT2D eigenvalue weighted by Gasteiger charge is -2.15. The van der Waals surface area contributed by atoms with Crippen molar-refractivity contribution in [3.05, 3.63) is 69.7 Å². The van der Waals surface area contributed by atoms with Crippen molar-refractivity contribution in [3.63, 3.8) is 0 Å². The van der Waals surface area contributed by atoms with Crippen LogP contribution in [-0.4, -0.2) is 0 Å². The minimum absolute atomic E-state index is 0.0801. The maximum Gasteiger partial charge on any atom is 0.146 e. The highest BCUT2D eigenvalue weighted by molar-refractivity contribution is 6.30. The molecule has 0 fully saturated rings. The molecule has 0 heterocycles. The Morgan fingerprint density at radius 3 is 2.65 bits per heavy atom. The molecule has 0 aliphatic rings. The molecule has 4 heteroatoms. The van der Waals surface area contributed by atoms with Crippen molar-refractivity contribution in [2.75, 3.05) is 0 Å². The van der Waals surface area contributed by atoms with Crippen molar-refractivity contribution in [1.82, 2.24) is 5.32 Å². The van der Waals surface area contributed by atoms with Gasteiger partial charge in [-0.2, -0.15) is 0 Å². The largest absolute Gasteiger partial charge is 0.306 e. The van der Waals surface area contributed by atoms with E-state index in [1.807, 2.05) is 13.0 Å². The number of halogens is 3. The first-order chi connectivity index (χ1) is 9.49. The van der Waals surface area contributed by atoms with E-state index in [9.17, 15) is 8.78 Å². The van der Waals surface area contributed by atoms with Gasteiger partial charge in [0.2, 0.25) is 0 Å². The summed E-state index contributed by atoms with van der Waals surface area (Å²) in [6.07, 6.45) is 0. The van der Waals surface area contributed by atoms with E-state index in [4.69, 9.17) is 11.6 Å². The number of hydrogen-bond donors (Lipinski definition) is 1. The van der Waals surface area contributed by atoms with Crippen LogP contribution in [0, 0.1) is 18.6 Å². The lowest BCUT2D eigenvalue weighted by molar-refractivity contribution is 0.539. The average Bonchev–Trinajstić information content (AvgIpc) is 2.43. The molecule has 2 aromatic carbocycles. The minimum Gasteiger partial charge on any atom is -0.306 e. The van der Waals surface area contributed by atoms with E-state index >= 15 is 0 Å². The van der Waals surface area contributed by atoms with Gasteiger partial charge in [0.25, 0.3) is 0 Å². The zero-order valence-corrected chi connectivity index (χ0v) is 12.1. The molecule has 1 nitrogen and oxygen atoms in total. The van der Waals surface area contributed by atoms with Crippen LogP contribution < -0.4 is 5.32 Å². The third-order valence-corrected chi connectivity index (χ3v) is 3.62. The van der Waals surface area contributed by atoms with E-state index in [1.165, 1.54) is 12.1 Å². The molecule has 0 aliphatic carbocycles. The van der Waals surface area contributed by atoms with Crippen LogP contribution in [0.5, 0.6) is 0 Å². The molecule has 0 saturated carbocycles. The van der Waals surface area contributed by atoms with Crippen molar-refractivity contribution in [2.24, 2.45) is 0 Å². The first-order valence-electron chi connectivity index (χ1n) is 6.41. The first-order valence-corrected chi connectivity index (χ1v) is 6.79. The van der Waals surface area contributed by atoms with Gasteiger partial charge in [-0.25, -0.2) is 8.78 Å². The number of benzene rings is 2. The van der Waals surface area contributed by atoms with Crippen molar-refractivity contribution in [2.45, 2.75) is 26.4 Å². The van der Waals surface area contributed by atoms with Crippen molar-refractivity contribution < 1.29 is 8.78 Å². The molecule has 0 aliphatic heterocycles. The fraction of sp³-hybridized carbons (Fsp3) is 0.250. The molecule has 2 rings (SSSR count). The van der Waals surface area contributed by atoms with Crippen LogP contribution >= 0.6 is 11.6 Å². The fourth-order valence-electron chi connectivity index (χ4n) is 1.94. The Morgan fingerprint density at radius 1 is 1.20 bits per heavy atom. The van der Waals surface area contributed by atoms with Crippen LogP contribution in [0.4, 0.5) is 8.78 Å². The molecule has 1 unspecified atom stereocenters. The van der Waals surface area contributed by atoms with E-state index in [-0.39, 0.29) is 16.9 Å². The second-order valence-corrected chi connectivity index (χ2v) is 5.23. The molecule has 0 radical (unpaired) electrons. The maximum absolute atomic E-state index is 13.7. The highest BCUT2D eigenvalue weighted by Crippen LogP contribution is 2.20. The van der Waals surface area contributed by atoms with Gasteiger partial charge in [0.05, 0.1) is 5.02 Å². The minimum atomic E-state index is -0.413. The van der Waals surface area contributed by atoms with Gasteiger partial charge in [-0.1, -0.05) is 35.9 Å². The van der Waals surface area contributed by atoms with Gasteiger partial charge in [0.1, 0.15) is 11.6 Å². The van der Waals surface area contributed by atoms with Crippen LogP contribution in [-0.2, 0) is 6.54 Å². The Bertz CT molecular complexity index is 613. The zero-order chi connectivity index (χ0) is 14.7. The summed E-state index contributed by atoms with van der Waals surface area (Å²) in [5.41, 5.74) is 1.94. The predicted molar refractivity (Wildman–Crippen MR) is 77.8 cm³/mol. The zero-order valence-electron chi connectivity index (χ0n) is 11.4. The smallest absolute Gasteiger partial charge is 0.146 e.